The summed E-state index contributed by atoms with van der Waals surface area (Å²) in [6, 6.07) is 9.32. The Kier molecular flexibility index (Phi) is 3.23. The fourth-order valence-electron chi connectivity index (χ4n) is 1.77. The third-order valence-electron chi connectivity index (χ3n) is 2.67. The van der Waals surface area contributed by atoms with Crippen LogP contribution in [0.1, 0.15) is 4.88 Å². The van der Waals surface area contributed by atoms with Crippen molar-refractivity contribution in [1.29, 1.82) is 0 Å². The van der Waals surface area contributed by atoms with Gasteiger partial charge in [0.05, 0.1) is 10.9 Å². The minimum absolute atomic E-state index is 0.688. The van der Waals surface area contributed by atoms with Gasteiger partial charge in [0, 0.05) is 21.5 Å². The second kappa shape index (κ2) is 5.03. The molecule has 0 radical (unpaired) electrons. The summed E-state index contributed by atoms with van der Waals surface area (Å²) in [4.78, 5) is 5.30. The molecule has 2 heterocycles. The molecule has 0 saturated heterocycles. The lowest BCUT2D eigenvalue weighted by molar-refractivity contribution is 0.486. The van der Waals surface area contributed by atoms with Crippen molar-refractivity contribution < 1.29 is 4.74 Å². The summed E-state index contributed by atoms with van der Waals surface area (Å²) in [5, 5.41) is 1.73. The van der Waals surface area contributed by atoms with E-state index in [0.717, 1.165) is 26.5 Å². The average Bonchev–Trinajstić information content (AvgIpc) is 2.85. The minimum atomic E-state index is 0.688. The number of hydrogen-bond acceptors (Lipinski definition) is 3. The SMILES string of the molecule is C=Cc1cc2c(Oc3ccc(Cl)cc3)cncc2s1. The molecule has 19 heavy (non-hydrogen) atoms. The van der Waals surface area contributed by atoms with E-state index in [1.807, 2.05) is 24.4 Å². The van der Waals surface area contributed by atoms with Gasteiger partial charge in [0.15, 0.2) is 5.75 Å². The maximum atomic E-state index is 5.86. The summed E-state index contributed by atoms with van der Waals surface area (Å²) < 4.78 is 6.94. The molecule has 0 aliphatic carbocycles. The molecule has 3 aromatic rings. The summed E-state index contributed by atoms with van der Waals surface area (Å²) >= 11 is 7.50. The van der Waals surface area contributed by atoms with Crippen LogP contribution in [-0.4, -0.2) is 4.98 Å². The highest BCUT2D eigenvalue weighted by atomic mass is 35.5. The van der Waals surface area contributed by atoms with Gasteiger partial charge in [-0.05, 0) is 30.3 Å². The number of rotatable bonds is 3. The maximum absolute atomic E-state index is 5.86. The van der Waals surface area contributed by atoms with Gasteiger partial charge in [-0.3, -0.25) is 4.98 Å². The van der Waals surface area contributed by atoms with E-state index in [2.05, 4.69) is 17.6 Å². The normalized spacial score (nSPS) is 10.6. The Morgan fingerprint density at radius 1 is 1.21 bits per heavy atom. The van der Waals surface area contributed by atoms with Crippen LogP contribution in [0.4, 0.5) is 0 Å². The van der Waals surface area contributed by atoms with Crippen molar-refractivity contribution in [2.75, 3.05) is 0 Å². The Labute approximate surface area is 119 Å². The Morgan fingerprint density at radius 3 is 2.74 bits per heavy atom. The standard InChI is InChI=1S/C15H10ClNOS/c1-2-12-7-13-14(8-17-9-15(13)19-12)18-11-5-3-10(16)4-6-11/h2-9H,1H2. The van der Waals surface area contributed by atoms with Gasteiger partial charge in [-0.25, -0.2) is 0 Å². The zero-order valence-electron chi connectivity index (χ0n) is 9.97. The van der Waals surface area contributed by atoms with Crippen LogP contribution in [0, 0.1) is 0 Å². The van der Waals surface area contributed by atoms with Gasteiger partial charge in [0.1, 0.15) is 5.75 Å². The molecule has 4 heteroatoms. The second-order valence-corrected chi connectivity index (χ2v) is 5.51. The van der Waals surface area contributed by atoms with Crippen molar-refractivity contribution in [3.8, 4) is 11.5 Å². The molecule has 0 amide bonds. The van der Waals surface area contributed by atoms with E-state index in [-0.39, 0.29) is 0 Å². The van der Waals surface area contributed by atoms with E-state index in [0.29, 0.717) is 5.02 Å². The van der Waals surface area contributed by atoms with Crippen LogP contribution in [0.3, 0.4) is 0 Å². The van der Waals surface area contributed by atoms with Crippen LogP contribution in [-0.2, 0) is 0 Å². The number of halogens is 1. The van der Waals surface area contributed by atoms with Crippen molar-refractivity contribution in [3.05, 3.63) is 59.2 Å². The summed E-state index contributed by atoms with van der Waals surface area (Å²) in [7, 11) is 0. The summed E-state index contributed by atoms with van der Waals surface area (Å²) in [6.45, 7) is 3.78. The van der Waals surface area contributed by atoms with E-state index >= 15 is 0 Å². The molecule has 0 bridgehead atoms. The predicted octanol–water partition coefficient (Wildman–Crippen LogP) is 5.39. The average molecular weight is 288 g/mol. The highest BCUT2D eigenvalue weighted by Gasteiger charge is 2.07. The molecular weight excluding hydrogens is 278 g/mol. The van der Waals surface area contributed by atoms with Crippen LogP contribution in [0.15, 0.2) is 49.3 Å². The quantitative estimate of drug-likeness (QED) is 0.645. The highest BCUT2D eigenvalue weighted by Crippen LogP contribution is 2.34. The molecule has 2 nitrogen and oxygen atoms in total. The molecule has 0 aliphatic heterocycles. The summed E-state index contributed by atoms with van der Waals surface area (Å²) in [5.74, 6) is 1.48. The van der Waals surface area contributed by atoms with Crippen LogP contribution < -0.4 is 4.74 Å². The van der Waals surface area contributed by atoms with Crippen LogP contribution in [0.5, 0.6) is 11.5 Å². The number of aromatic nitrogens is 1. The fourth-order valence-corrected chi connectivity index (χ4v) is 2.79. The van der Waals surface area contributed by atoms with Crippen LogP contribution in [0.2, 0.25) is 5.02 Å². The van der Waals surface area contributed by atoms with E-state index in [9.17, 15) is 0 Å². The molecule has 94 valence electrons. The number of ether oxygens (including phenoxy) is 1. The number of nitrogens with zero attached hydrogens (tertiary/aromatic N) is 1. The maximum Gasteiger partial charge on any atom is 0.154 e. The first-order valence-corrected chi connectivity index (χ1v) is 6.89. The predicted molar refractivity (Wildman–Crippen MR) is 81.2 cm³/mol. The van der Waals surface area contributed by atoms with E-state index < -0.39 is 0 Å². The molecule has 1 aromatic carbocycles. The first-order chi connectivity index (χ1) is 9.26. The third kappa shape index (κ3) is 2.48. The van der Waals surface area contributed by atoms with E-state index in [1.54, 1.807) is 29.7 Å². The number of benzene rings is 1. The topological polar surface area (TPSA) is 22.1 Å². The second-order valence-electron chi connectivity index (χ2n) is 3.96. The highest BCUT2D eigenvalue weighted by molar-refractivity contribution is 7.19. The van der Waals surface area contributed by atoms with Gasteiger partial charge in [-0.2, -0.15) is 0 Å². The molecule has 0 unspecified atom stereocenters. The van der Waals surface area contributed by atoms with Gasteiger partial charge in [-0.15, -0.1) is 11.3 Å². The van der Waals surface area contributed by atoms with E-state index in [1.165, 1.54) is 0 Å². The Bertz CT molecular complexity index is 733. The van der Waals surface area contributed by atoms with Crippen molar-refractivity contribution in [2.24, 2.45) is 0 Å². The van der Waals surface area contributed by atoms with Crippen LogP contribution >= 0.6 is 22.9 Å². The van der Waals surface area contributed by atoms with Crippen LogP contribution in [0.25, 0.3) is 16.2 Å². The third-order valence-corrected chi connectivity index (χ3v) is 3.99. The zero-order chi connectivity index (χ0) is 13.2. The van der Waals surface area contributed by atoms with Crippen molar-refractivity contribution >= 4 is 39.1 Å². The van der Waals surface area contributed by atoms with Gasteiger partial charge in [0.25, 0.3) is 0 Å². The lowest BCUT2D eigenvalue weighted by Crippen LogP contribution is -1.85. The molecule has 2 aromatic heterocycles. The minimum Gasteiger partial charge on any atom is -0.455 e. The van der Waals surface area contributed by atoms with E-state index in [4.69, 9.17) is 16.3 Å². The van der Waals surface area contributed by atoms with Crippen molar-refractivity contribution in [2.45, 2.75) is 0 Å². The molecule has 0 aliphatic rings. The summed E-state index contributed by atoms with van der Waals surface area (Å²) in [5.41, 5.74) is 0. The molecule has 0 fully saturated rings. The largest absolute Gasteiger partial charge is 0.455 e. The smallest absolute Gasteiger partial charge is 0.154 e. The first kappa shape index (κ1) is 12.2. The number of fused-ring (bicyclic) bond motifs is 1. The molecular formula is C15H10ClNOS. The van der Waals surface area contributed by atoms with Gasteiger partial charge >= 0.3 is 0 Å². The van der Waals surface area contributed by atoms with Gasteiger partial charge in [-0.1, -0.05) is 24.3 Å². The van der Waals surface area contributed by atoms with Gasteiger partial charge in [0.2, 0.25) is 0 Å². The molecule has 0 N–H and O–H groups in total. The lowest BCUT2D eigenvalue weighted by atomic mass is 10.3. The van der Waals surface area contributed by atoms with Crippen molar-refractivity contribution in [1.82, 2.24) is 4.98 Å². The monoisotopic (exact) mass is 287 g/mol. The number of pyridine rings is 1. The number of thiophene rings is 1. The number of hydrogen-bond donors (Lipinski definition) is 0. The molecule has 0 atom stereocenters. The fraction of sp³-hybridized carbons (Fsp3) is 0. The Morgan fingerprint density at radius 2 is 2.00 bits per heavy atom. The Balaban J connectivity index is 2.02. The lowest BCUT2D eigenvalue weighted by Gasteiger charge is -2.06. The zero-order valence-corrected chi connectivity index (χ0v) is 11.5. The first-order valence-electron chi connectivity index (χ1n) is 5.69. The molecule has 3 rings (SSSR count). The molecule has 0 saturated carbocycles. The van der Waals surface area contributed by atoms with Crippen molar-refractivity contribution in [3.63, 3.8) is 0 Å². The Hall–Kier alpha value is -1.84. The molecule has 0 spiro atoms. The summed E-state index contributed by atoms with van der Waals surface area (Å²) in [6.07, 6.45) is 5.38. The van der Waals surface area contributed by atoms with Gasteiger partial charge < -0.3 is 4.74 Å².